The van der Waals surface area contributed by atoms with Crippen LogP contribution < -0.4 is 0 Å². The molecular formula is C19H20N4O3S. The third-order valence-corrected chi connectivity index (χ3v) is 6.03. The van der Waals surface area contributed by atoms with Gasteiger partial charge in [-0.05, 0) is 43.2 Å². The minimum absolute atomic E-state index is 0.0955. The molecule has 27 heavy (non-hydrogen) atoms. The number of sulfone groups is 1. The van der Waals surface area contributed by atoms with Crippen molar-refractivity contribution in [2.45, 2.75) is 23.7 Å². The lowest BCUT2D eigenvalue weighted by Crippen LogP contribution is -2.39. The van der Waals surface area contributed by atoms with E-state index in [2.05, 4.69) is 10.2 Å². The Labute approximate surface area is 157 Å². The van der Waals surface area contributed by atoms with Gasteiger partial charge in [0, 0.05) is 37.0 Å². The highest BCUT2D eigenvalue weighted by Crippen LogP contribution is 2.27. The van der Waals surface area contributed by atoms with E-state index < -0.39 is 9.84 Å². The largest absolute Gasteiger partial charge is 0.338 e. The fraction of sp³-hybridized carbons (Fsp3) is 0.316. The second-order valence-corrected chi connectivity index (χ2v) is 8.89. The molecule has 1 aliphatic rings. The van der Waals surface area contributed by atoms with E-state index in [-0.39, 0.29) is 16.7 Å². The maximum absolute atomic E-state index is 12.9. The Balaban J connectivity index is 1.59. The number of piperidine rings is 1. The van der Waals surface area contributed by atoms with Crippen molar-refractivity contribution in [2.75, 3.05) is 19.3 Å². The van der Waals surface area contributed by atoms with Gasteiger partial charge in [-0.3, -0.25) is 9.20 Å². The van der Waals surface area contributed by atoms with Crippen LogP contribution in [0.25, 0.3) is 5.65 Å². The summed E-state index contributed by atoms with van der Waals surface area (Å²) in [5.74, 6) is 0.796. The van der Waals surface area contributed by atoms with Crippen LogP contribution in [-0.4, -0.2) is 53.2 Å². The smallest absolute Gasteiger partial charge is 0.253 e. The Morgan fingerprint density at radius 1 is 1.15 bits per heavy atom. The van der Waals surface area contributed by atoms with E-state index in [0.29, 0.717) is 18.7 Å². The van der Waals surface area contributed by atoms with Crippen LogP contribution in [0, 0.1) is 0 Å². The first-order chi connectivity index (χ1) is 12.9. The average molecular weight is 384 g/mol. The Bertz CT molecular complexity index is 1110. The molecule has 140 valence electrons. The Morgan fingerprint density at radius 2 is 2.00 bits per heavy atom. The number of rotatable bonds is 3. The molecule has 0 unspecified atom stereocenters. The zero-order valence-electron chi connectivity index (χ0n) is 14.9. The molecule has 0 aliphatic carbocycles. The fourth-order valence-corrected chi connectivity index (χ4v) is 4.22. The molecule has 0 saturated carbocycles. The number of likely N-dealkylation sites (tertiary alicyclic amines) is 1. The molecule has 1 aromatic carbocycles. The summed E-state index contributed by atoms with van der Waals surface area (Å²) in [5.41, 5.74) is 1.18. The minimum atomic E-state index is -3.35. The number of benzene rings is 1. The molecule has 1 fully saturated rings. The first-order valence-electron chi connectivity index (χ1n) is 8.82. The maximum Gasteiger partial charge on any atom is 0.253 e. The van der Waals surface area contributed by atoms with Gasteiger partial charge in [0.1, 0.15) is 5.82 Å². The van der Waals surface area contributed by atoms with E-state index in [4.69, 9.17) is 0 Å². The molecule has 4 rings (SSSR count). The van der Waals surface area contributed by atoms with Crippen molar-refractivity contribution >= 4 is 21.4 Å². The molecule has 0 bridgehead atoms. The first-order valence-corrected chi connectivity index (χ1v) is 10.7. The lowest BCUT2D eigenvalue weighted by atomic mass is 9.96. The van der Waals surface area contributed by atoms with Crippen molar-refractivity contribution in [1.82, 2.24) is 19.5 Å². The number of carbonyl (C=O) groups is 1. The van der Waals surface area contributed by atoms with Crippen molar-refractivity contribution in [3.8, 4) is 0 Å². The number of hydrogen-bond donors (Lipinski definition) is 0. The third-order valence-electron chi connectivity index (χ3n) is 4.92. The van der Waals surface area contributed by atoms with Crippen molar-refractivity contribution < 1.29 is 13.2 Å². The summed E-state index contributed by atoms with van der Waals surface area (Å²) in [6, 6.07) is 12.0. The number of nitrogens with zero attached hydrogens (tertiary/aromatic N) is 4. The average Bonchev–Trinajstić information content (AvgIpc) is 3.11. The number of carbonyl (C=O) groups excluding carboxylic acids is 1. The van der Waals surface area contributed by atoms with Crippen LogP contribution in [0.15, 0.2) is 53.6 Å². The van der Waals surface area contributed by atoms with Crippen molar-refractivity contribution in [3.63, 3.8) is 0 Å². The van der Waals surface area contributed by atoms with Crippen LogP contribution in [0.2, 0.25) is 0 Å². The van der Waals surface area contributed by atoms with E-state index in [1.165, 1.54) is 12.1 Å². The van der Waals surface area contributed by atoms with Gasteiger partial charge in [-0.2, -0.15) is 0 Å². The highest BCUT2D eigenvalue weighted by Gasteiger charge is 2.28. The number of aromatic nitrogens is 3. The monoisotopic (exact) mass is 384 g/mol. The molecule has 0 N–H and O–H groups in total. The second-order valence-electron chi connectivity index (χ2n) is 6.88. The zero-order chi connectivity index (χ0) is 19.0. The molecule has 3 aromatic rings. The highest BCUT2D eigenvalue weighted by molar-refractivity contribution is 7.90. The number of amides is 1. The van der Waals surface area contributed by atoms with Crippen LogP contribution in [0.5, 0.6) is 0 Å². The summed E-state index contributed by atoms with van der Waals surface area (Å²) >= 11 is 0. The van der Waals surface area contributed by atoms with Gasteiger partial charge in [0.15, 0.2) is 15.5 Å². The summed E-state index contributed by atoms with van der Waals surface area (Å²) in [4.78, 5) is 14.9. The quantitative estimate of drug-likeness (QED) is 0.691. The predicted octanol–water partition coefficient (Wildman–Crippen LogP) is 2.15. The molecule has 1 atom stereocenters. The van der Waals surface area contributed by atoms with Crippen LogP contribution in [0.1, 0.15) is 34.9 Å². The number of pyridine rings is 1. The molecular weight excluding hydrogens is 364 g/mol. The van der Waals surface area contributed by atoms with Gasteiger partial charge in [0.05, 0.1) is 4.90 Å². The summed E-state index contributed by atoms with van der Waals surface area (Å²) in [7, 11) is -3.35. The van der Waals surface area contributed by atoms with Gasteiger partial charge in [0.2, 0.25) is 0 Å². The lowest BCUT2D eigenvalue weighted by Gasteiger charge is -2.32. The number of hydrogen-bond acceptors (Lipinski definition) is 5. The van der Waals surface area contributed by atoms with Crippen LogP contribution >= 0.6 is 0 Å². The third kappa shape index (κ3) is 3.44. The maximum atomic E-state index is 12.9. The van der Waals surface area contributed by atoms with E-state index in [9.17, 15) is 13.2 Å². The zero-order valence-corrected chi connectivity index (χ0v) is 15.8. The van der Waals surface area contributed by atoms with Crippen LogP contribution in [0.4, 0.5) is 0 Å². The van der Waals surface area contributed by atoms with Gasteiger partial charge >= 0.3 is 0 Å². The van der Waals surface area contributed by atoms with Gasteiger partial charge in [-0.15, -0.1) is 10.2 Å². The second kappa shape index (κ2) is 6.77. The van der Waals surface area contributed by atoms with Gasteiger partial charge in [0.25, 0.3) is 5.91 Å². The molecule has 3 heterocycles. The molecule has 7 nitrogen and oxygen atoms in total. The summed E-state index contributed by atoms with van der Waals surface area (Å²) < 4.78 is 25.5. The lowest BCUT2D eigenvalue weighted by molar-refractivity contribution is 0.0704. The fourth-order valence-electron chi connectivity index (χ4n) is 3.55. The standard InChI is InChI=1S/C19H20N4O3S/c1-27(25,26)16-8-4-6-14(12-16)19(24)22-10-5-7-15(13-22)18-21-20-17-9-2-3-11-23(17)18/h2-4,6,8-9,11-12,15H,5,7,10,13H2,1H3/t15-/m0/s1. The number of fused-ring (bicyclic) bond motifs is 1. The van der Waals surface area contributed by atoms with Crippen molar-refractivity contribution in [1.29, 1.82) is 0 Å². The first kappa shape index (κ1) is 17.7. The minimum Gasteiger partial charge on any atom is -0.338 e. The van der Waals surface area contributed by atoms with Crippen molar-refractivity contribution in [3.05, 3.63) is 60.0 Å². The van der Waals surface area contributed by atoms with Crippen LogP contribution in [0.3, 0.4) is 0 Å². The predicted molar refractivity (Wildman–Crippen MR) is 100 cm³/mol. The highest BCUT2D eigenvalue weighted by atomic mass is 32.2. The Morgan fingerprint density at radius 3 is 2.81 bits per heavy atom. The normalized spacial score (nSPS) is 18.0. The molecule has 1 amide bonds. The van der Waals surface area contributed by atoms with Gasteiger partial charge in [-0.1, -0.05) is 12.1 Å². The molecule has 8 heteroatoms. The topological polar surface area (TPSA) is 84.6 Å². The molecule has 0 spiro atoms. The molecule has 2 aromatic heterocycles. The van der Waals surface area contributed by atoms with Gasteiger partial charge in [-0.25, -0.2) is 8.42 Å². The Kier molecular flexibility index (Phi) is 4.43. The van der Waals surface area contributed by atoms with Crippen molar-refractivity contribution in [2.24, 2.45) is 0 Å². The molecule has 1 saturated heterocycles. The van der Waals surface area contributed by atoms with Crippen LogP contribution in [-0.2, 0) is 9.84 Å². The van der Waals surface area contributed by atoms with Gasteiger partial charge < -0.3 is 4.90 Å². The summed E-state index contributed by atoms with van der Waals surface area (Å²) in [5, 5.41) is 8.53. The van der Waals surface area contributed by atoms with E-state index >= 15 is 0 Å². The molecule has 0 radical (unpaired) electrons. The summed E-state index contributed by atoms with van der Waals surface area (Å²) in [6.45, 7) is 1.19. The van der Waals surface area contributed by atoms with E-state index in [0.717, 1.165) is 30.6 Å². The van der Waals surface area contributed by atoms with E-state index in [1.807, 2.05) is 28.8 Å². The summed E-state index contributed by atoms with van der Waals surface area (Å²) in [6.07, 6.45) is 4.87. The Hall–Kier alpha value is -2.74. The SMILES string of the molecule is CS(=O)(=O)c1cccc(C(=O)N2CCC[C@H](c3nnc4ccccn34)C2)c1. The molecule has 1 aliphatic heterocycles. The van der Waals surface area contributed by atoms with E-state index in [1.54, 1.807) is 17.0 Å².